The Morgan fingerprint density at radius 2 is 1.68 bits per heavy atom. The summed E-state index contributed by atoms with van der Waals surface area (Å²) in [4.78, 5) is 11.3. The molecule has 1 N–H and O–H groups in total. The van der Waals surface area contributed by atoms with Crippen LogP contribution in [-0.2, 0) is 6.54 Å². The van der Waals surface area contributed by atoms with Crippen LogP contribution >= 0.6 is 0 Å². The zero-order valence-corrected chi connectivity index (χ0v) is 15.2. The van der Waals surface area contributed by atoms with Gasteiger partial charge in [-0.2, -0.15) is 0 Å². The third-order valence-electron chi connectivity index (χ3n) is 4.12. The second-order valence-corrected chi connectivity index (χ2v) is 6.44. The number of nitrogens with zero attached hydrogens (tertiary/aromatic N) is 3. The Balaban J connectivity index is 1.82. The second-order valence-electron chi connectivity index (χ2n) is 6.44. The van der Waals surface area contributed by atoms with E-state index < -0.39 is 0 Å². The lowest BCUT2D eigenvalue weighted by molar-refractivity contribution is 0.880. The standard InChI is InChI=1S/C21H24N4/c1-15-10-11-19(16(2)12-15)24-20-13-21(23-17(3)22-20)25(4)14-18-8-6-5-7-9-18/h5-13H,14H2,1-4H3,(H,22,23,24). The molecule has 2 aromatic carbocycles. The molecule has 1 heterocycles. The molecule has 4 heteroatoms. The topological polar surface area (TPSA) is 41.0 Å². The predicted octanol–water partition coefficient (Wildman–Crippen LogP) is 4.78. The average molecular weight is 332 g/mol. The van der Waals surface area contributed by atoms with Crippen molar-refractivity contribution in [1.29, 1.82) is 0 Å². The molecule has 0 aliphatic heterocycles. The number of nitrogens with one attached hydrogen (secondary N) is 1. The van der Waals surface area contributed by atoms with Gasteiger partial charge in [0.1, 0.15) is 17.5 Å². The Morgan fingerprint density at radius 1 is 0.920 bits per heavy atom. The molecule has 0 atom stereocenters. The Morgan fingerprint density at radius 3 is 2.40 bits per heavy atom. The first-order valence-corrected chi connectivity index (χ1v) is 8.46. The van der Waals surface area contributed by atoms with Crippen molar-refractivity contribution in [3.05, 3.63) is 77.1 Å². The summed E-state index contributed by atoms with van der Waals surface area (Å²) in [5, 5.41) is 3.42. The molecule has 3 rings (SSSR count). The van der Waals surface area contributed by atoms with Crippen LogP contribution < -0.4 is 10.2 Å². The van der Waals surface area contributed by atoms with E-state index in [-0.39, 0.29) is 0 Å². The molecule has 25 heavy (non-hydrogen) atoms. The number of aryl methyl sites for hydroxylation is 3. The van der Waals surface area contributed by atoms with Gasteiger partial charge in [0, 0.05) is 25.3 Å². The molecular weight excluding hydrogens is 308 g/mol. The summed E-state index contributed by atoms with van der Waals surface area (Å²) in [5.74, 6) is 2.47. The van der Waals surface area contributed by atoms with Crippen molar-refractivity contribution in [2.45, 2.75) is 27.3 Å². The summed E-state index contributed by atoms with van der Waals surface area (Å²) in [7, 11) is 2.05. The fraction of sp³-hybridized carbons (Fsp3) is 0.238. The minimum Gasteiger partial charge on any atom is -0.355 e. The van der Waals surface area contributed by atoms with Crippen molar-refractivity contribution in [2.24, 2.45) is 0 Å². The van der Waals surface area contributed by atoms with Gasteiger partial charge in [-0.15, -0.1) is 0 Å². The van der Waals surface area contributed by atoms with E-state index in [9.17, 15) is 0 Å². The summed E-state index contributed by atoms with van der Waals surface area (Å²) in [6, 6.07) is 18.8. The van der Waals surface area contributed by atoms with Crippen molar-refractivity contribution in [2.75, 3.05) is 17.3 Å². The first-order chi connectivity index (χ1) is 12.0. The molecule has 0 saturated heterocycles. The van der Waals surface area contributed by atoms with Gasteiger partial charge in [-0.3, -0.25) is 0 Å². The minimum absolute atomic E-state index is 0.754. The molecule has 1 aromatic heterocycles. The molecule has 0 bridgehead atoms. The molecule has 0 saturated carbocycles. The largest absolute Gasteiger partial charge is 0.355 e. The lowest BCUT2D eigenvalue weighted by Crippen LogP contribution is -2.18. The summed E-state index contributed by atoms with van der Waals surface area (Å²) in [6.45, 7) is 6.93. The maximum Gasteiger partial charge on any atom is 0.136 e. The lowest BCUT2D eigenvalue weighted by atomic mass is 10.1. The molecule has 128 valence electrons. The van der Waals surface area contributed by atoms with E-state index in [4.69, 9.17) is 0 Å². The Kier molecular flexibility index (Phi) is 4.98. The Hall–Kier alpha value is -2.88. The highest BCUT2D eigenvalue weighted by atomic mass is 15.2. The predicted molar refractivity (Wildman–Crippen MR) is 105 cm³/mol. The van der Waals surface area contributed by atoms with Crippen LogP contribution in [0.25, 0.3) is 0 Å². The number of hydrogen-bond donors (Lipinski definition) is 1. The number of benzene rings is 2. The zero-order chi connectivity index (χ0) is 17.8. The van der Waals surface area contributed by atoms with Gasteiger partial charge in [0.25, 0.3) is 0 Å². The third kappa shape index (κ3) is 4.35. The molecule has 3 aromatic rings. The highest BCUT2D eigenvalue weighted by Gasteiger charge is 2.08. The van der Waals surface area contributed by atoms with Crippen LogP contribution in [0.15, 0.2) is 54.6 Å². The van der Waals surface area contributed by atoms with E-state index in [2.05, 4.69) is 83.5 Å². The third-order valence-corrected chi connectivity index (χ3v) is 4.12. The van der Waals surface area contributed by atoms with E-state index in [1.54, 1.807) is 0 Å². The number of aromatic nitrogens is 2. The molecule has 0 aliphatic carbocycles. The van der Waals surface area contributed by atoms with Gasteiger partial charge in [-0.1, -0.05) is 48.0 Å². The molecule has 0 fully saturated rings. The van der Waals surface area contributed by atoms with Gasteiger partial charge < -0.3 is 10.2 Å². The highest BCUT2D eigenvalue weighted by molar-refractivity contribution is 5.63. The van der Waals surface area contributed by atoms with E-state index in [0.29, 0.717) is 0 Å². The quantitative estimate of drug-likeness (QED) is 0.730. The van der Waals surface area contributed by atoms with Crippen LogP contribution in [0.1, 0.15) is 22.5 Å². The smallest absolute Gasteiger partial charge is 0.136 e. The molecule has 0 radical (unpaired) electrons. The van der Waals surface area contributed by atoms with E-state index >= 15 is 0 Å². The summed E-state index contributed by atoms with van der Waals surface area (Å²) in [6.07, 6.45) is 0. The molecule has 4 nitrogen and oxygen atoms in total. The first-order valence-electron chi connectivity index (χ1n) is 8.46. The van der Waals surface area contributed by atoms with Crippen molar-refractivity contribution in [3.8, 4) is 0 Å². The van der Waals surface area contributed by atoms with E-state index in [0.717, 1.165) is 29.7 Å². The molecular formula is C21H24N4. The minimum atomic E-state index is 0.754. The van der Waals surface area contributed by atoms with E-state index in [1.807, 2.05) is 19.1 Å². The molecule has 0 unspecified atom stereocenters. The van der Waals surface area contributed by atoms with Crippen LogP contribution in [-0.4, -0.2) is 17.0 Å². The SMILES string of the molecule is Cc1ccc(Nc2cc(N(C)Cc3ccccc3)nc(C)n2)c(C)c1. The van der Waals surface area contributed by atoms with Crippen LogP contribution in [0.3, 0.4) is 0 Å². The second kappa shape index (κ2) is 7.34. The summed E-state index contributed by atoms with van der Waals surface area (Å²) in [5.41, 5.74) is 4.78. The van der Waals surface area contributed by atoms with Crippen LogP contribution in [0, 0.1) is 20.8 Å². The first kappa shape index (κ1) is 17.0. The van der Waals surface area contributed by atoms with Gasteiger partial charge in [-0.05, 0) is 38.0 Å². The number of anilines is 3. The van der Waals surface area contributed by atoms with Crippen molar-refractivity contribution in [3.63, 3.8) is 0 Å². The molecule has 0 aliphatic rings. The van der Waals surface area contributed by atoms with Gasteiger partial charge >= 0.3 is 0 Å². The average Bonchev–Trinajstić information content (AvgIpc) is 2.58. The summed E-state index contributed by atoms with van der Waals surface area (Å²) >= 11 is 0. The molecule has 0 amide bonds. The Bertz CT molecular complexity index is 859. The van der Waals surface area contributed by atoms with Gasteiger partial charge in [0.05, 0.1) is 0 Å². The van der Waals surface area contributed by atoms with Crippen LogP contribution in [0.4, 0.5) is 17.3 Å². The Labute approximate surface area is 149 Å². The fourth-order valence-electron chi connectivity index (χ4n) is 2.84. The van der Waals surface area contributed by atoms with Crippen molar-refractivity contribution < 1.29 is 0 Å². The van der Waals surface area contributed by atoms with E-state index in [1.165, 1.54) is 16.7 Å². The van der Waals surface area contributed by atoms with Crippen molar-refractivity contribution in [1.82, 2.24) is 9.97 Å². The van der Waals surface area contributed by atoms with Crippen LogP contribution in [0.2, 0.25) is 0 Å². The normalized spacial score (nSPS) is 10.6. The van der Waals surface area contributed by atoms with Gasteiger partial charge in [0.2, 0.25) is 0 Å². The zero-order valence-electron chi connectivity index (χ0n) is 15.2. The molecule has 0 spiro atoms. The monoisotopic (exact) mass is 332 g/mol. The highest BCUT2D eigenvalue weighted by Crippen LogP contribution is 2.23. The van der Waals surface area contributed by atoms with Gasteiger partial charge in [-0.25, -0.2) is 9.97 Å². The lowest BCUT2D eigenvalue weighted by Gasteiger charge is -2.20. The van der Waals surface area contributed by atoms with Gasteiger partial charge in [0.15, 0.2) is 0 Å². The maximum absolute atomic E-state index is 4.58. The van der Waals surface area contributed by atoms with Crippen molar-refractivity contribution >= 4 is 17.3 Å². The number of hydrogen-bond acceptors (Lipinski definition) is 4. The maximum atomic E-state index is 4.58. The number of rotatable bonds is 5. The fourth-order valence-corrected chi connectivity index (χ4v) is 2.84. The van der Waals surface area contributed by atoms with Crippen LogP contribution in [0.5, 0.6) is 0 Å². The summed E-state index contributed by atoms with van der Waals surface area (Å²) < 4.78 is 0.